The standard InChI is InChI=1S/C19H21NO3/c1-15-14-18(23-20-15)6-3-2-4-12-21-17-10-8-16(9-11-17)19-7-5-13-22-19/h5,7-11,13-14H,2-4,6,12H2,1H3. The Labute approximate surface area is 136 Å². The average Bonchev–Trinajstić information content (AvgIpc) is 3.23. The molecule has 4 nitrogen and oxygen atoms in total. The molecule has 0 aliphatic carbocycles. The van der Waals surface area contributed by atoms with Crippen molar-refractivity contribution in [2.24, 2.45) is 0 Å². The lowest BCUT2D eigenvalue weighted by Gasteiger charge is -2.06. The summed E-state index contributed by atoms with van der Waals surface area (Å²) in [4.78, 5) is 0. The molecule has 4 heteroatoms. The van der Waals surface area contributed by atoms with E-state index in [9.17, 15) is 0 Å². The number of aromatic nitrogens is 1. The fraction of sp³-hybridized carbons (Fsp3) is 0.316. The number of furan rings is 1. The average molecular weight is 311 g/mol. The lowest BCUT2D eigenvalue weighted by atomic mass is 10.1. The maximum atomic E-state index is 5.77. The van der Waals surface area contributed by atoms with Gasteiger partial charge in [0.25, 0.3) is 0 Å². The van der Waals surface area contributed by atoms with Gasteiger partial charge in [-0.15, -0.1) is 0 Å². The highest BCUT2D eigenvalue weighted by Gasteiger charge is 2.02. The topological polar surface area (TPSA) is 48.4 Å². The van der Waals surface area contributed by atoms with Gasteiger partial charge in [-0.25, -0.2) is 0 Å². The van der Waals surface area contributed by atoms with Gasteiger partial charge in [0.2, 0.25) is 0 Å². The number of nitrogens with zero attached hydrogens (tertiary/aromatic N) is 1. The highest BCUT2D eigenvalue weighted by Crippen LogP contribution is 2.22. The summed E-state index contributed by atoms with van der Waals surface area (Å²) in [5, 5.41) is 3.89. The van der Waals surface area contributed by atoms with Crippen molar-refractivity contribution < 1.29 is 13.7 Å². The number of unbranched alkanes of at least 4 members (excludes halogenated alkanes) is 2. The molecule has 0 saturated carbocycles. The van der Waals surface area contributed by atoms with E-state index in [1.54, 1.807) is 6.26 Å². The van der Waals surface area contributed by atoms with E-state index in [-0.39, 0.29) is 0 Å². The second-order valence-corrected chi connectivity index (χ2v) is 5.60. The third kappa shape index (κ3) is 4.49. The van der Waals surface area contributed by atoms with Crippen LogP contribution in [0.25, 0.3) is 11.3 Å². The smallest absolute Gasteiger partial charge is 0.136 e. The van der Waals surface area contributed by atoms with Crippen molar-refractivity contribution in [1.29, 1.82) is 0 Å². The van der Waals surface area contributed by atoms with Crippen molar-refractivity contribution >= 4 is 0 Å². The van der Waals surface area contributed by atoms with Gasteiger partial charge in [-0.3, -0.25) is 0 Å². The highest BCUT2D eigenvalue weighted by molar-refractivity contribution is 5.58. The molecule has 0 atom stereocenters. The van der Waals surface area contributed by atoms with Crippen molar-refractivity contribution in [3.63, 3.8) is 0 Å². The Bertz CT molecular complexity index is 699. The largest absolute Gasteiger partial charge is 0.494 e. The van der Waals surface area contributed by atoms with E-state index >= 15 is 0 Å². The molecule has 1 aromatic carbocycles. The molecule has 23 heavy (non-hydrogen) atoms. The molecule has 0 spiro atoms. The summed E-state index contributed by atoms with van der Waals surface area (Å²) in [6.07, 6.45) is 5.87. The maximum Gasteiger partial charge on any atom is 0.136 e. The molecule has 3 rings (SSSR count). The van der Waals surface area contributed by atoms with E-state index in [4.69, 9.17) is 13.7 Å². The van der Waals surface area contributed by atoms with Gasteiger partial charge in [0.05, 0.1) is 18.6 Å². The summed E-state index contributed by atoms with van der Waals surface area (Å²) in [5.74, 6) is 2.74. The summed E-state index contributed by atoms with van der Waals surface area (Å²) >= 11 is 0. The molecule has 2 heterocycles. The Balaban J connectivity index is 1.34. The van der Waals surface area contributed by atoms with Gasteiger partial charge in [0.1, 0.15) is 17.3 Å². The minimum atomic E-state index is 0.732. The van der Waals surface area contributed by atoms with E-state index in [2.05, 4.69) is 5.16 Å². The number of ether oxygens (including phenoxy) is 1. The molecular formula is C19H21NO3. The van der Waals surface area contributed by atoms with Crippen molar-refractivity contribution in [3.05, 3.63) is 60.2 Å². The van der Waals surface area contributed by atoms with Crippen molar-refractivity contribution in [3.8, 4) is 17.1 Å². The lowest BCUT2D eigenvalue weighted by molar-refractivity contribution is 0.303. The van der Waals surface area contributed by atoms with Crippen LogP contribution < -0.4 is 4.74 Å². The third-order valence-electron chi connectivity index (χ3n) is 3.67. The van der Waals surface area contributed by atoms with E-state index in [0.29, 0.717) is 0 Å². The van der Waals surface area contributed by atoms with Gasteiger partial charge >= 0.3 is 0 Å². The van der Waals surface area contributed by atoms with Crippen LogP contribution in [-0.4, -0.2) is 11.8 Å². The summed E-state index contributed by atoms with van der Waals surface area (Å²) in [6.45, 7) is 2.67. The van der Waals surface area contributed by atoms with E-state index in [1.807, 2.05) is 49.4 Å². The molecule has 120 valence electrons. The van der Waals surface area contributed by atoms with Crippen LogP contribution in [0.15, 0.2) is 57.7 Å². The number of aryl methyl sites for hydroxylation is 2. The molecule has 0 aliphatic rings. The zero-order chi connectivity index (χ0) is 15.9. The Morgan fingerprint density at radius 3 is 2.61 bits per heavy atom. The third-order valence-corrected chi connectivity index (χ3v) is 3.67. The first-order valence-electron chi connectivity index (χ1n) is 8.00. The van der Waals surface area contributed by atoms with Crippen LogP contribution in [0, 0.1) is 6.92 Å². The van der Waals surface area contributed by atoms with Crippen LogP contribution in [0.1, 0.15) is 30.7 Å². The molecule has 3 aromatic rings. The second kappa shape index (κ2) is 7.68. The Morgan fingerprint density at radius 1 is 1.04 bits per heavy atom. The Hall–Kier alpha value is -2.49. The summed E-state index contributed by atoms with van der Waals surface area (Å²) in [7, 11) is 0. The first kappa shape index (κ1) is 15.4. The van der Waals surface area contributed by atoms with E-state index in [0.717, 1.165) is 60.8 Å². The van der Waals surface area contributed by atoms with Gasteiger partial charge in [0.15, 0.2) is 0 Å². The SMILES string of the molecule is Cc1cc(CCCCCOc2ccc(-c3ccco3)cc2)on1. The van der Waals surface area contributed by atoms with Gasteiger partial charge in [-0.2, -0.15) is 0 Å². The molecule has 0 saturated heterocycles. The van der Waals surface area contributed by atoms with E-state index < -0.39 is 0 Å². The molecule has 0 N–H and O–H groups in total. The molecule has 2 aromatic heterocycles. The van der Waals surface area contributed by atoms with Crippen molar-refractivity contribution in [2.45, 2.75) is 32.6 Å². The quantitative estimate of drug-likeness (QED) is 0.547. The molecule has 0 fully saturated rings. The monoisotopic (exact) mass is 311 g/mol. The second-order valence-electron chi connectivity index (χ2n) is 5.60. The van der Waals surface area contributed by atoms with Gasteiger partial charge < -0.3 is 13.7 Å². The first-order chi connectivity index (χ1) is 11.3. The number of rotatable bonds is 8. The van der Waals surface area contributed by atoms with Gasteiger partial charge in [-0.05, 0) is 62.6 Å². The minimum absolute atomic E-state index is 0.732. The normalized spacial score (nSPS) is 10.8. The maximum absolute atomic E-state index is 5.77. The molecule has 0 unspecified atom stereocenters. The summed E-state index contributed by atoms with van der Waals surface area (Å²) in [5.41, 5.74) is 2.01. The first-order valence-corrected chi connectivity index (χ1v) is 8.00. The zero-order valence-electron chi connectivity index (χ0n) is 13.3. The van der Waals surface area contributed by atoms with Crippen molar-refractivity contribution in [1.82, 2.24) is 5.16 Å². The Kier molecular flexibility index (Phi) is 5.14. The van der Waals surface area contributed by atoms with Crippen LogP contribution in [0.4, 0.5) is 0 Å². The fourth-order valence-corrected chi connectivity index (χ4v) is 2.46. The van der Waals surface area contributed by atoms with Crippen LogP contribution in [0.5, 0.6) is 5.75 Å². The van der Waals surface area contributed by atoms with Crippen molar-refractivity contribution in [2.75, 3.05) is 6.61 Å². The number of hydrogen-bond acceptors (Lipinski definition) is 4. The minimum Gasteiger partial charge on any atom is -0.494 e. The molecular weight excluding hydrogens is 290 g/mol. The molecule has 0 amide bonds. The van der Waals surface area contributed by atoms with Crippen LogP contribution in [0.2, 0.25) is 0 Å². The predicted octanol–water partition coefficient (Wildman–Crippen LogP) is 5.03. The summed E-state index contributed by atoms with van der Waals surface area (Å²) < 4.78 is 16.3. The lowest BCUT2D eigenvalue weighted by Crippen LogP contribution is -1.97. The fourth-order valence-electron chi connectivity index (χ4n) is 2.46. The molecule has 0 radical (unpaired) electrons. The van der Waals surface area contributed by atoms with Gasteiger partial charge in [0, 0.05) is 18.1 Å². The van der Waals surface area contributed by atoms with Crippen LogP contribution in [0.3, 0.4) is 0 Å². The number of benzene rings is 1. The number of hydrogen-bond donors (Lipinski definition) is 0. The Morgan fingerprint density at radius 2 is 1.91 bits per heavy atom. The summed E-state index contributed by atoms with van der Waals surface area (Å²) in [6, 6.07) is 13.8. The van der Waals surface area contributed by atoms with Crippen LogP contribution in [-0.2, 0) is 6.42 Å². The van der Waals surface area contributed by atoms with Gasteiger partial charge in [-0.1, -0.05) is 5.16 Å². The highest BCUT2D eigenvalue weighted by atomic mass is 16.5. The molecule has 0 aliphatic heterocycles. The predicted molar refractivity (Wildman–Crippen MR) is 88.4 cm³/mol. The zero-order valence-corrected chi connectivity index (χ0v) is 13.3. The molecule has 0 bridgehead atoms. The van der Waals surface area contributed by atoms with E-state index in [1.165, 1.54) is 0 Å². The van der Waals surface area contributed by atoms with Crippen LogP contribution >= 0.6 is 0 Å².